The quantitative estimate of drug-likeness (QED) is 0.348. The molecule has 0 aromatic heterocycles. The molecule has 0 aromatic rings. The van der Waals surface area contributed by atoms with Crippen LogP contribution in [0, 0.1) is 0 Å². The normalized spacial score (nSPS) is 12.4. The molecular weight excluding hydrogens is 172 g/mol. The molecule has 76 valence electrons. The zero-order valence-electron chi connectivity index (χ0n) is 7.53. The van der Waals surface area contributed by atoms with E-state index in [4.69, 9.17) is 10.8 Å². The number of hydrogen-bond donors (Lipinski definition) is 3. The molecule has 4 N–H and O–H groups in total. The van der Waals surface area contributed by atoms with E-state index in [-0.39, 0.29) is 0 Å². The first-order valence-corrected chi connectivity index (χ1v) is 4.31. The molecule has 5 heteroatoms. The molecule has 0 heterocycles. The molecule has 0 aliphatic heterocycles. The number of unbranched alkanes of at least 4 members (excludes halogenated alkanes) is 1. The summed E-state index contributed by atoms with van der Waals surface area (Å²) in [6, 6.07) is -0.758. The van der Waals surface area contributed by atoms with Crippen LogP contribution in [0.25, 0.3) is 0 Å². The summed E-state index contributed by atoms with van der Waals surface area (Å²) in [5.74, 6) is -0.958. The summed E-state index contributed by atoms with van der Waals surface area (Å²) in [5.41, 5.74) is 5.28. The average Bonchev–Trinajstić information content (AvgIpc) is 2.10. The highest BCUT2D eigenvalue weighted by molar-refractivity contribution is 5.72. The van der Waals surface area contributed by atoms with Crippen molar-refractivity contribution in [3.63, 3.8) is 0 Å². The Labute approximate surface area is 77.3 Å². The Morgan fingerprint density at radius 1 is 1.54 bits per heavy atom. The molecule has 0 radical (unpaired) electrons. The fourth-order valence-electron chi connectivity index (χ4n) is 0.899. The first-order valence-electron chi connectivity index (χ1n) is 4.31. The molecule has 5 nitrogen and oxygen atoms in total. The van der Waals surface area contributed by atoms with E-state index < -0.39 is 12.0 Å². The average molecular weight is 188 g/mol. The largest absolute Gasteiger partial charge is 0.480 e. The molecule has 0 aromatic carbocycles. The molecule has 0 fully saturated rings. The van der Waals surface area contributed by atoms with Crippen LogP contribution in [-0.2, 0) is 9.59 Å². The predicted molar refractivity (Wildman–Crippen MR) is 48.4 cm³/mol. The van der Waals surface area contributed by atoms with Gasteiger partial charge in [-0.15, -0.1) is 0 Å². The van der Waals surface area contributed by atoms with E-state index in [1.54, 1.807) is 0 Å². The molecule has 0 aliphatic carbocycles. The third-order valence-electron chi connectivity index (χ3n) is 1.66. The zero-order chi connectivity index (χ0) is 10.1. The smallest absolute Gasteiger partial charge is 0.320 e. The van der Waals surface area contributed by atoms with Crippen LogP contribution in [0.2, 0.25) is 0 Å². The van der Waals surface area contributed by atoms with Gasteiger partial charge >= 0.3 is 5.97 Å². The van der Waals surface area contributed by atoms with E-state index >= 15 is 0 Å². The SMILES string of the molecule is NC(CCCCNCC=O)C(=O)O. The Balaban J connectivity index is 3.15. The summed E-state index contributed by atoms with van der Waals surface area (Å²) in [7, 11) is 0. The number of aldehydes is 1. The van der Waals surface area contributed by atoms with Gasteiger partial charge in [-0.3, -0.25) is 4.79 Å². The maximum atomic E-state index is 10.3. The maximum Gasteiger partial charge on any atom is 0.320 e. The van der Waals surface area contributed by atoms with Crippen LogP contribution >= 0.6 is 0 Å². The molecule has 1 unspecified atom stereocenters. The molecule has 0 spiro atoms. The molecule has 1 atom stereocenters. The minimum absolute atomic E-state index is 0.352. The lowest BCUT2D eigenvalue weighted by molar-refractivity contribution is -0.138. The maximum absolute atomic E-state index is 10.3. The molecule has 13 heavy (non-hydrogen) atoms. The monoisotopic (exact) mass is 188 g/mol. The lowest BCUT2D eigenvalue weighted by Gasteiger charge is -2.05. The highest BCUT2D eigenvalue weighted by Crippen LogP contribution is 1.97. The van der Waals surface area contributed by atoms with Crippen molar-refractivity contribution in [2.24, 2.45) is 5.73 Å². The van der Waals surface area contributed by atoms with Gasteiger partial charge in [-0.05, 0) is 19.4 Å². The van der Waals surface area contributed by atoms with Crippen LogP contribution in [0.4, 0.5) is 0 Å². The Morgan fingerprint density at radius 2 is 2.23 bits per heavy atom. The number of aliphatic carboxylic acids is 1. The van der Waals surface area contributed by atoms with Gasteiger partial charge in [0.1, 0.15) is 12.3 Å². The summed E-state index contributed by atoms with van der Waals surface area (Å²) >= 11 is 0. The van der Waals surface area contributed by atoms with Crippen LogP contribution in [0.5, 0.6) is 0 Å². The summed E-state index contributed by atoms with van der Waals surface area (Å²) < 4.78 is 0. The van der Waals surface area contributed by atoms with Crippen molar-refractivity contribution >= 4 is 12.3 Å². The van der Waals surface area contributed by atoms with Gasteiger partial charge in [0.15, 0.2) is 0 Å². The van der Waals surface area contributed by atoms with Crippen molar-refractivity contribution in [1.82, 2.24) is 5.32 Å². The number of hydrogen-bond acceptors (Lipinski definition) is 4. The van der Waals surface area contributed by atoms with Gasteiger partial charge in [-0.2, -0.15) is 0 Å². The minimum Gasteiger partial charge on any atom is -0.480 e. The first-order chi connectivity index (χ1) is 6.18. The highest BCUT2D eigenvalue weighted by Gasteiger charge is 2.09. The van der Waals surface area contributed by atoms with Crippen molar-refractivity contribution < 1.29 is 14.7 Å². The predicted octanol–water partition coefficient (Wildman–Crippen LogP) is -0.643. The summed E-state index contributed by atoms with van der Waals surface area (Å²) in [6.45, 7) is 1.08. The van der Waals surface area contributed by atoms with Crippen LogP contribution in [-0.4, -0.2) is 36.5 Å². The molecule has 0 aliphatic rings. The Hall–Kier alpha value is -0.940. The molecule has 0 amide bonds. The third-order valence-corrected chi connectivity index (χ3v) is 1.66. The van der Waals surface area contributed by atoms with Gasteiger partial charge in [0.05, 0.1) is 6.54 Å². The van der Waals surface area contributed by atoms with Crippen LogP contribution in [0.1, 0.15) is 19.3 Å². The van der Waals surface area contributed by atoms with Gasteiger partial charge < -0.3 is 21.0 Å². The van der Waals surface area contributed by atoms with Crippen molar-refractivity contribution in [2.45, 2.75) is 25.3 Å². The molecule has 0 rings (SSSR count). The number of nitrogens with two attached hydrogens (primary N) is 1. The fraction of sp³-hybridized carbons (Fsp3) is 0.750. The molecule has 0 saturated heterocycles. The number of carboxylic acids is 1. The van der Waals surface area contributed by atoms with E-state index in [1.807, 2.05) is 0 Å². The highest BCUT2D eigenvalue weighted by atomic mass is 16.4. The number of nitrogens with one attached hydrogen (secondary N) is 1. The molecular formula is C8H16N2O3. The van der Waals surface area contributed by atoms with Crippen molar-refractivity contribution in [3.05, 3.63) is 0 Å². The summed E-state index contributed by atoms with van der Waals surface area (Å²) in [5, 5.41) is 11.3. The van der Waals surface area contributed by atoms with Gasteiger partial charge in [0.25, 0.3) is 0 Å². The van der Waals surface area contributed by atoms with E-state index in [0.29, 0.717) is 13.0 Å². The molecule has 0 bridgehead atoms. The number of carbonyl (C=O) groups is 2. The van der Waals surface area contributed by atoms with E-state index in [0.717, 1.165) is 25.7 Å². The van der Waals surface area contributed by atoms with Gasteiger partial charge in [0, 0.05) is 0 Å². The number of rotatable bonds is 8. The minimum atomic E-state index is -0.958. The summed E-state index contributed by atoms with van der Waals surface area (Å²) in [6.07, 6.45) is 2.88. The standard InChI is InChI=1S/C8H16N2O3/c9-7(8(12)13)3-1-2-4-10-5-6-11/h6-7,10H,1-5,9H2,(H,12,13). The second kappa shape index (κ2) is 7.70. The lowest BCUT2D eigenvalue weighted by atomic mass is 10.1. The van der Waals surface area contributed by atoms with Crippen molar-refractivity contribution in [1.29, 1.82) is 0 Å². The van der Waals surface area contributed by atoms with Crippen molar-refractivity contribution in [2.75, 3.05) is 13.1 Å². The Bertz CT molecular complexity index is 161. The molecule has 0 saturated carbocycles. The van der Waals surface area contributed by atoms with Gasteiger partial charge in [-0.25, -0.2) is 0 Å². The number of carboxylic acid groups (broad SMARTS) is 1. The Morgan fingerprint density at radius 3 is 2.77 bits per heavy atom. The summed E-state index contributed by atoms with van der Waals surface area (Å²) in [4.78, 5) is 20.2. The van der Waals surface area contributed by atoms with E-state index in [9.17, 15) is 9.59 Å². The fourth-order valence-corrected chi connectivity index (χ4v) is 0.899. The third kappa shape index (κ3) is 7.42. The second-order valence-electron chi connectivity index (χ2n) is 2.81. The van der Waals surface area contributed by atoms with E-state index in [2.05, 4.69) is 5.32 Å². The van der Waals surface area contributed by atoms with Crippen LogP contribution in [0.3, 0.4) is 0 Å². The first kappa shape index (κ1) is 12.1. The topological polar surface area (TPSA) is 92.4 Å². The van der Waals surface area contributed by atoms with Crippen LogP contribution in [0.15, 0.2) is 0 Å². The van der Waals surface area contributed by atoms with Crippen molar-refractivity contribution in [3.8, 4) is 0 Å². The van der Waals surface area contributed by atoms with Gasteiger partial charge in [-0.1, -0.05) is 6.42 Å². The van der Waals surface area contributed by atoms with Gasteiger partial charge in [0.2, 0.25) is 0 Å². The second-order valence-corrected chi connectivity index (χ2v) is 2.81. The van der Waals surface area contributed by atoms with Crippen LogP contribution < -0.4 is 11.1 Å². The van der Waals surface area contributed by atoms with E-state index in [1.165, 1.54) is 0 Å². The zero-order valence-corrected chi connectivity index (χ0v) is 7.53. The number of carbonyl (C=O) groups excluding carboxylic acids is 1. The Kier molecular flexibility index (Phi) is 7.14. The lowest BCUT2D eigenvalue weighted by Crippen LogP contribution is -2.30.